The maximum absolute atomic E-state index is 4.64. The number of rotatable bonds is 5. The van der Waals surface area contributed by atoms with Crippen LogP contribution in [-0.4, -0.2) is 42.7 Å². The fourth-order valence-corrected chi connectivity index (χ4v) is 2.95. The third-order valence-corrected chi connectivity index (χ3v) is 4.24. The van der Waals surface area contributed by atoms with Crippen molar-refractivity contribution in [2.75, 3.05) is 47.8 Å². The molecule has 5 heteroatoms. The zero-order valence-corrected chi connectivity index (χ0v) is 14.9. The van der Waals surface area contributed by atoms with Gasteiger partial charge in [-0.15, -0.1) is 0 Å². The van der Waals surface area contributed by atoms with Crippen LogP contribution >= 0.6 is 0 Å². The quantitative estimate of drug-likeness (QED) is 0.915. The lowest BCUT2D eigenvalue weighted by Gasteiger charge is -2.36. The first-order valence-electron chi connectivity index (χ1n) is 8.76. The first-order valence-corrected chi connectivity index (χ1v) is 8.76. The van der Waals surface area contributed by atoms with Crippen molar-refractivity contribution in [3.63, 3.8) is 0 Å². The van der Waals surface area contributed by atoms with Gasteiger partial charge >= 0.3 is 0 Å². The van der Waals surface area contributed by atoms with E-state index in [2.05, 4.69) is 75.3 Å². The molecule has 0 aliphatic carbocycles. The SMILES string of the molecule is Cc1nc(NCC(C)C)cc(N2CCN(c3ccccc3)CC2)n1. The third-order valence-electron chi connectivity index (χ3n) is 4.24. The smallest absolute Gasteiger partial charge is 0.134 e. The van der Waals surface area contributed by atoms with E-state index in [9.17, 15) is 0 Å². The molecule has 2 heterocycles. The van der Waals surface area contributed by atoms with E-state index in [1.165, 1.54) is 5.69 Å². The highest BCUT2D eigenvalue weighted by molar-refractivity contribution is 5.52. The molecule has 1 saturated heterocycles. The van der Waals surface area contributed by atoms with E-state index in [0.29, 0.717) is 5.92 Å². The van der Waals surface area contributed by atoms with Gasteiger partial charge in [0.1, 0.15) is 17.5 Å². The Morgan fingerprint density at radius 3 is 2.33 bits per heavy atom. The van der Waals surface area contributed by atoms with Crippen LogP contribution in [0.3, 0.4) is 0 Å². The van der Waals surface area contributed by atoms with Crippen molar-refractivity contribution in [1.29, 1.82) is 0 Å². The fraction of sp³-hybridized carbons (Fsp3) is 0.474. The van der Waals surface area contributed by atoms with Crippen LogP contribution in [0.1, 0.15) is 19.7 Å². The Labute approximate surface area is 144 Å². The summed E-state index contributed by atoms with van der Waals surface area (Å²) in [6, 6.07) is 12.7. The van der Waals surface area contributed by atoms with Gasteiger partial charge in [-0.1, -0.05) is 32.0 Å². The molecular formula is C19H27N5. The zero-order valence-electron chi connectivity index (χ0n) is 14.9. The average Bonchev–Trinajstić information content (AvgIpc) is 2.60. The molecule has 1 aromatic heterocycles. The zero-order chi connectivity index (χ0) is 16.9. The number of nitrogens with zero attached hydrogens (tertiary/aromatic N) is 4. The minimum Gasteiger partial charge on any atom is -0.370 e. The molecule has 1 aromatic carbocycles. The Morgan fingerprint density at radius 1 is 1.00 bits per heavy atom. The van der Waals surface area contributed by atoms with Crippen LogP contribution in [0, 0.1) is 12.8 Å². The molecule has 0 spiro atoms. The largest absolute Gasteiger partial charge is 0.370 e. The van der Waals surface area contributed by atoms with Crippen molar-refractivity contribution in [1.82, 2.24) is 9.97 Å². The summed E-state index contributed by atoms with van der Waals surface area (Å²) in [5.74, 6) is 3.38. The van der Waals surface area contributed by atoms with Crippen molar-refractivity contribution in [2.45, 2.75) is 20.8 Å². The molecule has 0 saturated carbocycles. The van der Waals surface area contributed by atoms with E-state index in [4.69, 9.17) is 0 Å². The topological polar surface area (TPSA) is 44.3 Å². The fourth-order valence-electron chi connectivity index (χ4n) is 2.95. The van der Waals surface area contributed by atoms with E-state index in [0.717, 1.165) is 50.2 Å². The van der Waals surface area contributed by atoms with Gasteiger partial charge in [0.2, 0.25) is 0 Å². The molecule has 0 unspecified atom stereocenters. The summed E-state index contributed by atoms with van der Waals surface area (Å²) < 4.78 is 0. The Balaban J connectivity index is 1.65. The minimum absolute atomic E-state index is 0.595. The van der Waals surface area contributed by atoms with Gasteiger partial charge in [0.15, 0.2) is 0 Å². The van der Waals surface area contributed by atoms with Crippen molar-refractivity contribution in [3.05, 3.63) is 42.2 Å². The summed E-state index contributed by atoms with van der Waals surface area (Å²) in [6.07, 6.45) is 0. The highest BCUT2D eigenvalue weighted by Gasteiger charge is 2.19. The van der Waals surface area contributed by atoms with Gasteiger partial charge in [0.05, 0.1) is 0 Å². The number of anilines is 3. The average molecular weight is 325 g/mol. The van der Waals surface area contributed by atoms with Crippen molar-refractivity contribution in [2.24, 2.45) is 5.92 Å². The Kier molecular flexibility index (Phi) is 5.18. The predicted molar refractivity (Wildman–Crippen MR) is 101 cm³/mol. The van der Waals surface area contributed by atoms with Crippen LogP contribution in [0.4, 0.5) is 17.3 Å². The van der Waals surface area contributed by atoms with Crippen LogP contribution < -0.4 is 15.1 Å². The normalized spacial score (nSPS) is 15.0. The maximum atomic E-state index is 4.64. The molecule has 1 N–H and O–H groups in total. The number of hydrogen-bond acceptors (Lipinski definition) is 5. The van der Waals surface area contributed by atoms with Crippen molar-refractivity contribution in [3.8, 4) is 0 Å². The van der Waals surface area contributed by atoms with Crippen molar-refractivity contribution >= 4 is 17.3 Å². The van der Waals surface area contributed by atoms with E-state index < -0.39 is 0 Å². The lowest BCUT2D eigenvalue weighted by molar-refractivity contribution is 0.645. The third kappa shape index (κ3) is 4.16. The molecule has 1 aliphatic rings. The number of nitrogens with one attached hydrogen (secondary N) is 1. The van der Waals surface area contributed by atoms with Crippen LogP contribution in [-0.2, 0) is 0 Å². The predicted octanol–water partition coefficient (Wildman–Crippen LogP) is 3.18. The molecule has 0 atom stereocenters. The van der Waals surface area contributed by atoms with Crippen LogP contribution in [0.25, 0.3) is 0 Å². The van der Waals surface area contributed by atoms with Gasteiger partial charge < -0.3 is 15.1 Å². The number of para-hydroxylation sites is 1. The molecule has 5 nitrogen and oxygen atoms in total. The number of aromatic nitrogens is 2. The molecule has 1 fully saturated rings. The first kappa shape index (κ1) is 16.6. The number of aryl methyl sites for hydroxylation is 1. The molecule has 24 heavy (non-hydrogen) atoms. The summed E-state index contributed by atoms with van der Waals surface area (Å²) in [5, 5.41) is 3.41. The highest BCUT2D eigenvalue weighted by Crippen LogP contribution is 2.21. The molecule has 3 rings (SSSR count). The van der Waals surface area contributed by atoms with E-state index in [1.807, 2.05) is 6.92 Å². The van der Waals surface area contributed by atoms with Crippen LogP contribution in [0.15, 0.2) is 36.4 Å². The number of benzene rings is 1. The van der Waals surface area contributed by atoms with Gasteiger partial charge in [0.25, 0.3) is 0 Å². The maximum Gasteiger partial charge on any atom is 0.134 e. The van der Waals surface area contributed by atoms with Gasteiger partial charge in [-0.2, -0.15) is 0 Å². The molecule has 0 bridgehead atoms. The highest BCUT2D eigenvalue weighted by atomic mass is 15.3. The monoisotopic (exact) mass is 325 g/mol. The second-order valence-corrected chi connectivity index (χ2v) is 6.74. The lowest BCUT2D eigenvalue weighted by atomic mass is 10.2. The standard InChI is InChI=1S/C19H27N5/c1-15(2)14-20-18-13-19(22-16(3)21-18)24-11-9-23(10-12-24)17-7-5-4-6-8-17/h4-8,13,15H,9-12,14H2,1-3H3,(H,20,21,22). The molecule has 0 radical (unpaired) electrons. The summed E-state index contributed by atoms with van der Waals surface area (Å²) >= 11 is 0. The minimum atomic E-state index is 0.595. The van der Waals surface area contributed by atoms with Gasteiger partial charge in [0, 0.05) is 44.5 Å². The Morgan fingerprint density at radius 2 is 1.67 bits per heavy atom. The molecule has 128 valence electrons. The summed E-state index contributed by atoms with van der Waals surface area (Å²) in [7, 11) is 0. The summed E-state index contributed by atoms with van der Waals surface area (Å²) in [6.45, 7) is 11.3. The summed E-state index contributed by atoms with van der Waals surface area (Å²) in [5.41, 5.74) is 1.30. The lowest BCUT2D eigenvalue weighted by Crippen LogP contribution is -2.46. The molecular weight excluding hydrogens is 298 g/mol. The van der Waals surface area contributed by atoms with E-state index in [-0.39, 0.29) is 0 Å². The molecule has 0 amide bonds. The van der Waals surface area contributed by atoms with Crippen molar-refractivity contribution < 1.29 is 0 Å². The van der Waals surface area contributed by atoms with E-state index in [1.54, 1.807) is 0 Å². The molecule has 1 aliphatic heterocycles. The van der Waals surface area contributed by atoms with Crippen LogP contribution in [0.2, 0.25) is 0 Å². The van der Waals surface area contributed by atoms with Gasteiger partial charge in [-0.3, -0.25) is 0 Å². The Hall–Kier alpha value is -2.30. The molecule has 2 aromatic rings. The summed E-state index contributed by atoms with van der Waals surface area (Å²) in [4.78, 5) is 13.9. The second-order valence-electron chi connectivity index (χ2n) is 6.74. The van der Waals surface area contributed by atoms with Gasteiger partial charge in [-0.25, -0.2) is 9.97 Å². The number of piperazine rings is 1. The second kappa shape index (κ2) is 7.51. The first-order chi connectivity index (χ1) is 11.6. The van der Waals surface area contributed by atoms with E-state index >= 15 is 0 Å². The van der Waals surface area contributed by atoms with Crippen LogP contribution in [0.5, 0.6) is 0 Å². The van der Waals surface area contributed by atoms with Gasteiger partial charge in [-0.05, 0) is 25.0 Å². The Bertz CT molecular complexity index is 648. The number of hydrogen-bond donors (Lipinski definition) is 1.